The van der Waals surface area contributed by atoms with Crippen LogP contribution in [0.4, 0.5) is 0 Å². The lowest BCUT2D eigenvalue weighted by Gasteiger charge is -2.44. The fourth-order valence-electron chi connectivity index (χ4n) is 1.90. The van der Waals surface area contributed by atoms with Crippen LogP contribution in [0.5, 0.6) is 5.75 Å². The van der Waals surface area contributed by atoms with Gasteiger partial charge >= 0.3 is 0 Å². The second-order valence-corrected chi connectivity index (χ2v) is 4.27. The number of hydrogen-bond donors (Lipinski definition) is 1. The number of amides is 1. The van der Waals surface area contributed by atoms with E-state index in [0.29, 0.717) is 0 Å². The first-order valence-corrected chi connectivity index (χ1v) is 6.06. The Bertz CT molecular complexity index is 396. The minimum atomic E-state index is -0.485. The summed E-state index contributed by atoms with van der Waals surface area (Å²) in [5.74, 6) is 0.143. The summed E-state index contributed by atoms with van der Waals surface area (Å²) in [4.78, 5) is 11.6. The molecule has 16 heavy (non-hydrogen) atoms. The summed E-state index contributed by atoms with van der Waals surface area (Å²) in [5, 5.41) is 9.76. The molecule has 0 radical (unpaired) electrons. The summed E-state index contributed by atoms with van der Waals surface area (Å²) in [6.45, 7) is 0. The number of ether oxygens (including phenoxy) is 1. The van der Waals surface area contributed by atoms with Gasteiger partial charge in [0.2, 0.25) is 0 Å². The number of hydrogen-bond acceptors (Lipinski definition) is 4. The molecule has 0 aliphatic carbocycles. The van der Waals surface area contributed by atoms with Crippen LogP contribution < -0.4 is 0 Å². The molecule has 1 aliphatic heterocycles. The van der Waals surface area contributed by atoms with E-state index >= 15 is 0 Å². The molecule has 1 fully saturated rings. The van der Waals surface area contributed by atoms with Crippen molar-refractivity contribution in [1.29, 1.82) is 0 Å². The lowest BCUT2D eigenvalue weighted by molar-refractivity contribution is -0.158. The van der Waals surface area contributed by atoms with Crippen LogP contribution in [0, 0.1) is 0 Å². The molecule has 86 valence electrons. The van der Waals surface area contributed by atoms with Gasteiger partial charge in [-0.05, 0) is 6.07 Å². The average Bonchev–Trinajstić information content (AvgIpc) is 2.28. The normalized spacial score (nSPS) is 24.4. The van der Waals surface area contributed by atoms with Crippen molar-refractivity contribution in [3.05, 3.63) is 29.8 Å². The third kappa shape index (κ3) is 1.56. The Morgan fingerprint density at radius 3 is 2.69 bits per heavy atom. The average molecular weight is 239 g/mol. The summed E-state index contributed by atoms with van der Waals surface area (Å²) in [6.07, 6.45) is 1.34. The number of methoxy groups -OCH3 is 1. The molecule has 1 aliphatic rings. The number of para-hydroxylation sites is 1. The zero-order valence-electron chi connectivity index (χ0n) is 9.08. The van der Waals surface area contributed by atoms with E-state index in [9.17, 15) is 9.90 Å². The second kappa shape index (κ2) is 4.35. The molecule has 5 heteroatoms. The Morgan fingerprint density at radius 2 is 2.12 bits per heavy atom. The first kappa shape index (κ1) is 11.3. The molecule has 0 bridgehead atoms. The number of carbonyl (C=O) groups excluding carboxylic acids is 1. The van der Waals surface area contributed by atoms with E-state index < -0.39 is 6.10 Å². The highest BCUT2D eigenvalue weighted by Gasteiger charge is 2.49. The van der Waals surface area contributed by atoms with Gasteiger partial charge in [-0.3, -0.25) is 9.10 Å². The van der Waals surface area contributed by atoms with Crippen molar-refractivity contribution in [2.24, 2.45) is 0 Å². The molecule has 4 nitrogen and oxygen atoms in total. The van der Waals surface area contributed by atoms with Crippen LogP contribution in [0.1, 0.15) is 11.6 Å². The van der Waals surface area contributed by atoms with Gasteiger partial charge in [0.1, 0.15) is 11.8 Å². The fraction of sp³-hybridized carbons (Fsp3) is 0.364. The number of aromatic hydroxyl groups is 1. The van der Waals surface area contributed by atoms with E-state index in [4.69, 9.17) is 4.74 Å². The van der Waals surface area contributed by atoms with Gasteiger partial charge in [-0.15, -0.1) is 0 Å². The van der Waals surface area contributed by atoms with Crippen molar-refractivity contribution < 1.29 is 14.6 Å². The molecule has 1 aromatic carbocycles. The summed E-state index contributed by atoms with van der Waals surface area (Å²) in [7, 11) is 1.51. The largest absolute Gasteiger partial charge is 0.508 e. The van der Waals surface area contributed by atoms with E-state index in [1.165, 1.54) is 19.1 Å². The topological polar surface area (TPSA) is 49.8 Å². The molecular formula is C11H13NO3S. The van der Waals surface area contributed by atoms with Crippen molar-refractivity contribution in [3.63, 3.8) is 0 Å². The van der Waals surface area contributed by atoms with E-state index in [1.807, 2.05) is 18.4 Å². The van der Waals surface area contributed by atoms with Gasteiger partial charge in [0.05, 0.1) is 0 Å². The summed E-state index contributed by atoms with van der Waals surface area (Å²) >= 11 is 1.34. The predicted molar refractivity (Wildman–Crippen MR) is 62.0 cm³/mol. The zero-order valence-corrected chi connectivity index (χ0v) is 9.90. The van der Waals surface area contributed by atoms with Crippen LogP contribution in [0.15, 0.2) is 24.3 Å². The molecule has 1 amide bonds. The van der Waals surface area contributed by atoms with Crippen molar-refractivity contribution in [1.82, 2.24) is 4.31 Å². The number of rotatable bonds is 3. The Balaban J connectivity index is 2.32. The number of carbonyl (C=O) groups is 1. The monoisotopic (exact) mass is 239 g/mol. The number of benzene rings is 1. The van der Waals surface area contributed by atoms with Crippen molar-refractivity contribution in [2.45, 2.75) is 12.1 Å². The van der Waals surface area contributed by atoms with Gasteiger partial charge in [-0.25, -0.2) is 0 Å². The number of β-lactam (4-membered cyclic amide) rings is 1. The standard InChI is InChI=1S/C11H13NO3S/c1-15-10-9(12(16-2)11(10)14)7-5-3-4-6-8(7)13/h3-6,9-10,13H,1-2H3. The van der Waals surface area contributed by atoms with Crippen LogP contribution in [0.2, 0.25) is 0 Å². The van der Waals surface area contributed by atoms with E-state index in [2.05, 4.69) is 0 Å². The molecule has 1 N–H and O–H groups in total. The number of phenols is 1. The molecule has 0 saturated carbocycles. The zero-order chi connectivity index (χ0) is 11.7. The van der Waals surface area contributed by atoms with E-state index in [1.54, 1.807) is 16.4 Å². The van der Waals surface area contributed by atoms with Crippen molar-refractivity contribution in [3.8, 4) is 5.75 Å². The maximum absolute atomic E-state index is 11.6. The molecule has 0 spiro atoms. The smallest absolute Gasteiger partial charge is 0.264 e. The third-order valence-electron chi connectivity index (χ3n) is 2.71. The van der Waals surface area contributed by atoms with Crippen LogP contribution in [-0.2, 0) is 9.53 Å². The van der Waals surface area contributed by atoms with Gasteiger partial charge in [-0.1, -0.05) is 30.1 Å². The van der Waals surface area contributed by atoms with E-state index in [-0.39, 0.29) is 17.7 Å². The van der Waals surface area contributed by atoms with Crippen molar-refractivity contribution >= 4 is 17.9 Å². The first-order chi connectivity index (χ1) is 7.70. The summed E-state index contributed by atoms with van der Waals surface area (Å²) in [5.41, 5.74) is 0.725. The molecule has 2 atom stereocenters. The van der Waals surface area contributed by atoms with Crippen LogP contribution in [0.25, 0.3) is 0 Å². The molecule has 2 unspecified atom stereocenters. The quantitative estimate of drug-likeness (QED) is 0.642. The van der Waals surface area contributed by atoms with Crippen LogP contribution in [-0.4, -0.2) is 34.8 Å². The van der Waals surface area contributed by atoms with Crippen molar-refractivity contribution in [2.75, 3.05) is 13.4 Å². The highest BCUT2D eigenvalue weighted by molar-refractivity contribution is 7.96. The van der Waals surface area contributed by atoms with Gasteiger partial charge in [0.25, 0.3) is 5.91 Å². The summed E-state index contributed by atoms with van der Waals surface area (Å²) < 4.78 is 6.75. The van der Waals surface area contributed by atoms with Gasteiger partial charge in [0.15, 0.2) is 6.10 Å². The Labute approximate surface area is 98.3 Å². The fourth-order valence-corrected chi connectivity index (χ4v) is 2.63. The first-order valence-electron chi connectivity index (χ1n) is 4.88. The Kier molecular flexibility index (Phi) is 3.07. The minimum Gasteiger partial charge on any atom is -0.508 e. The SMILES string of the molecule is COC1C(=O)N(SC)C1c1ccccc1O. The minimum absolute atomic E-state index is 0.0525. The van der Waals surface area contributed by atoms with Crippen LogP contribution >= 0.6 is 11.9 Å². The molecular weight excluding hydrogens is 226 g/mol. The maximum atomic E-state index is 11.6. The lowest BCUT2D eigenvalue weighted by atomic mass is 9.93. The Hall–Kier alpha value is -1.20. The van der Waals surface area contributed by atoms with Gasteiger partial charge in [0, 0.05) is 18.9 Å². The Morgan fingerprint density at radius 1 is 1.44 bits per heavy atom. The van der Waals surface area contributed by atoms with E-state index in [0.717, 1.165) is 5.56 Å². The van der Waals surface area contributed by atoms with Gasteiger partial charge in [-0.2, -0.15) is 0 Å². The maximum Gasteiger partial charge on any atom is 0.264 e. The number of nitrogens with zero attached hydrogens (tertiary/aromatic N) is 1. The number of phenolic OH excluding ortho intramolecular Hbond substituents is 1. The molecule has 1 aromatic rings. The second-order valence-electron chi connectivity index (χ2n) is 3.51. The predicted octanol–water partition coefficient (Wildman–Crippen LogP) is 1.57. The lowest BCUT2D eigenvalue weighted by Crippen LogP contribution is -2.55. The van der Waals surface area contributed by atoms with Gasteiger partial charge < -0.3 is 9.84 Å². The summed E-state index contributed by atoms with van der Waals surface area (Å²) in [6, 6.07) is 6.81. The molecule has 0 aromatic heterocycles. The molecule has 1 heterocycles. The molecule has 1 saturated heterocycles. The highest BCUT2D eigenvalue weighted by atomic mass is 32.2. The molecule has 2 rings (SSSR count). The third-order valence-corrected chi connectivity index (χ3v) is 3.51. The highest BCUT2D eigenvalue weighted by Crippen LogP contribution is 2.43. The van der Waals surface area contributed by atoms with Crippen LogP contribution in [0.3, 0.4) is 0 Å².